The van der Waals surface area contributed by atoms with E-state index >= 15 is 0 Å². The third-order valence-corrected chi connectivity index (χ3v) is 1.72. The maximum Gasteiger partial charge on any atom is 0.332 e. The van der Waals surface area contributed by atoms with Crippen LogP contribution in [0.5, 0.6) is 0 Å². The van der Waals surface area contributed by atoms with Crippen molar-refractivity contribution in [3.63, 3.8) is 0 Å². The van der Waals surface area contributed by atoms with Gasteiger partial charge in [0.15, 0.2) is 0 Å². The molecular formula is C6H7N3OS. The van der Waals surface area contributed by atoms with Crippen molar-refractivity contribution in [1.82, 2.24) is 5.43 Å². The molecule has 0 atom stereocenters. The first-order valence-corrected chi connectivity index (χ1v) is 3.79. The molecule has 0 unspecified atom stereocenters. The number of primary amides is 1. The molecule has 1 aromatic heterocycles. The first-order chi connectivity index (χ1) is 5.29. The molecule has 0 saturated heterocycles. The number of thiophene rings is 1. The number of rotatable bonds is 2. The van der Waals surface area contributed by atoms with Gasteiger partial charge in [-0.15, -0.1) is 11.3 Å². The van der Waals surface area contributed by atoms with Crippen LogP contribution in [0.1, 0.15) is 4.88 Å². The largest absolute Gasteiger partial charge is 0.350 e. The van der Waals surface area contributed by atoms with E-state index in [0.717, 1.165) is 4.88 Å². The van der Waals surface area contributed by atoms with E-state index in [0.29, 0.717) is 0 Å². The monoisotopic (exact) mass is 169 g/mol. The molecule has 0 aliphatic carbocycles. The van der Waals surface area contributed by atoms with E-state index in [1.54, 1.807) is 0 Å². The fourth-order valence-corrected chi connectivity index (χ4v) is 1.11. The summed E-state index contributed by atoms with van der Waals surface area (Å²) in [7, 11) is 0. The summed E-state index contributed by atoms with van der Waals surface area (Å²) in [5.41, 5.74) is 6.87. The Kier molecular flexibility index (Phi) is 2.62. The number of amides is 2. The van der Waals surface area contributed by atoms with Gasteiger partial charge in [-0.25, -0.2) is 10.2 Å². The molecule has 0 saturated carbocycles. The molecule has 0 aromatic carbocycles. The summed E-state index contributed by atoms with van der Waals surface area (Å²) >= 11 is 1.53. The van der Waals surface area contributed by atoms with Crippen LogP contribution in [0.3, 0.4) is 0 Å². The van der Waals surface area contributed by atoms with E-state index in [9.17, 15) is 4.79 Å². The maximum atomic E-state index is 10.1. The molecule has 0 fully saturated rings. The molecule has 0 aliphatic rings. The minimum Gasteiger partial charge on any atom is -0.350 e. The van der Waals surface area contributed by atoms with Gasteiger partial charge in [-0.2, -0.15) is 5.10 Å². The Morgan fingerprint density at radius 2 is 2.64 bits per heavy atom. The molecule has 1 rings (SSSR count). The molecule has 1 heterocycles. The van der Waals surface area contributed by atoms with Crippen molar-refractivity contribution in [2.75, 3.05) is 0 Å². The first kappa shape index (κ1) is 7.74. The highest BCUT2D eigenvalue weighted by atomic mass is 32.1. The Hall–Kier alpha value is -1.36. The number of urea groups is 1. The molecule has 0 bridgehead atoms. The van der Waals surface area contributed by atoms with Crippen LogP contribution in [-0.4, -0.2) is 12.2 Å². The van der Waals surface area contributed by atoms with Crippen molar-refractivity contribution in [2.45, 2.75) is 0 Å². The van der Waals surface area contributed by atoms with E-state index in [-0.39, 0.29) is 0 Å². The third-order valence-electron chi connectivity index (χ3n) is 0.910. The number of carbonyl (C=O) groups is 1. The van der Waals surface area contributed by atoms with Crippen LogP contribution in [0.4, 0.5) is 4.79 Å². The first-order valence-electron chi connectivity index (χ1n) is 2.91. The zero-order valence-corrected chi connectivity index (χ0v) is 6.47. The fourth-order valence-electron chi connectivity index (χ4n) is 0.524. The quantitative estimate of drug-likeness (QED) is 0.498. The molecule has 0 aliphatic heterocycles. The fraction of sp³-hybridized carbons (Fsp3) is 0. The highest BCUT2D eigenvalue weighted by Crippen LogP contribution is 2.03. The van der Waals surface area contributed by atoms with Crippen LogP contribution in [0.2, 0.25) is 0 Å². The second kappa shape index (κ2) is 3.72. The lowest BCUT2D eigenvalue weighted by Crippen LogP contribution is -2.24. The Balaban J connectivity index is 2.43. The van der Waals surface area contributed by atoms with Crippen LogP contribution < -0.4 is 11.2 Å². The molecule has 58 valence electrons. The second-order valence-electron chi connectivity index (χ2n) is 1.75. The van der Waals surface area contributed by atoms with Crippen molar-refractivity contribution in [3.8, 4) is 0 Å². The Morgan fingerprint density at radius 1 is 1.82 bits per heavy atom. The topological polar surface area (TPSA) is 67.5 Å². The molecule has 0 spiro atoms. The summed E-state index contributed by atoms with van der Waals surface area (Å²) in [6.07, 6.45) is 1.54. The van der Waals surface area contributed by atoms with Gasteiger partial charge < -0.3 is 5.73 Å². The zero-order valence-electron chi connectivity index (χ0n) is 5.65. The summed E-state index contributed by atoms with van der Waals surface area (Å²) in [6, 6.07) is 3.13. The smallest absolute Gasteiger partial charge is 0.332 e. The highest BCUT2D eigenvalue weighted by Gasteiger charge is 1.86. The van der Waals surface area contributed by atoms with Crippen molar-refractivity contribution in [2.24, 2.45) is 10.8 Å². The van der Waals surface area contributed by atoms with E-state index < -0.39 is 6.03 Å². The molecule has 4 nitrogen and oxygen atoms in total. The predicted octanol–water partition coefficient (Wildman–Crippen LogP) is 0.750. The summed E-state index contributed by atoms with van der Waals surface area (Å²) in [5.74, 6) is 0. The number of hydrogen-bond donors (Lipinski definition) is 2. The van der Waals surface area contributed by atoms with E-state index in [1.165, 1.54) is 17.6 Å². The standard InChI is InChI=1S/C6H7N3OS/c7-6(10)9-8-4-5-2-1-3-11-5/h1-4H,(H3,7,9,10). The van der Waals surface area contributed by atoms with Crippen molar-refractivity contribution < 1.29 is 4.79 Å². The van der Waals surface area contributed by atoms with Gasteiger partial charge in [0, 0.05) is 4.88 Å². The van der Waals surface area contributed by atoms with Gasteiger partial charge in [-0.1, -0.05) is 6.07 Å². The summed E-state index contributed by atoms with van der Waals surface area (Å²) < 4.78 is 0. The van der Waals surface area contributed by atoms with Crippen molar-refractivity contribution >= 4 is 23.6 Å². The molecular weight excluding hydrogens is 162 g/mol. The number of nitrogens with one attached hydrogen (secondary N) is 1. The molecule has 5 heteroatoms. The normalized spacial score (nSPS) is 10.2. The summed E-state index contributed by atoms with van der Waals surface area (Å²) in [5, 5.41) is 5.50. The van der Waals surface area contributed by atoms with Crippen LogP contribution >= 0.6 is 11.3 Å². The number of hydrazone groups is 1. The second-order valence-corrected chi connectivity index (χ2v) is 2.73. The number of hydrogen-bond acceptors (Lipinski definition) is 3. The molecule has 2 amide bonds. The van der Waals surface area contributed by atoms with Crippen molar-refractivity contribution in [3.05, 3.63) is 22.4 Å². The summed E-state index contributed by atoms with van der Waals surface area (Å²) in [4.78, 5) is 11.1. The Labute approximate surface area is 67.7 Å². The van der Waals surface area contributed by atoms with Gasteiger partial charge in [0.25, 0.3) is 0 Å². The average Bonchev–Trinajstić information content (AvgIpc) is 2.39. The predicted molar refractivity (Wildman–Crippen MR) is 44.6 cm³/mol. The molecule has 1 aromatic rings. The van der Waals surface area contributed by atoms with Crippen LogP contribution in [0.15, 0.2) is 22.6 Å². The third kappa shape index (κ3) is 2.81. The molecule has 3 N–H and O–H groups in total. The maximum absolute atomic E-state index is 10.1. The van der Waals surface area contributed by atoms with Gasteiger partial charge in [0.2, 0.25) is 0 Å². The average molecular weight is 169 g/mol. The van der Waals surface area contributed by atoms with E-state index in [4.69, 9.17) is 5.73 Å². The minimum atomic E-state index is -0.655. The van der Waals surface area contributed by atoms with Crippen LogP contribution in [0, 0.1) is 0 Å². The number of carbonyl (C=O) groups excluding carboxylic acids is 1. The van der Waals surface area contributed by atoms with E-state index in [1.807, 2.05) is 17.5 Å². The number of nitrogens with two attached hydrogens (primary N) is 1. The van der Waals surface area contributed by atoms with Gasteiger partial charge in [0.1, 0.15) is 0 Å². The van der Waals surface area contributed by atoms with Crippen molar-refractivity contribution in [1.29, 1.82) is 0 Å². The zero-order chi connectivity index (χ0) is 8.10. The minimum absolute atomic E-state index is 0.655. The lowest BCUT2D eigenvalue weighted by atomic mass is 10.5. The lowest BCUT2D eigenvalue weighted by Gasteiger charge is -1.87. The van der Waals surface area contributed by atoms with Gasteiger partial charge in [0.05, 0.1) is 6.21 Å². The highest BCUT2D eigenvalue weighted by molar-refractivity contribution is 7.11. The van der Waals surface area contributed by atoms with Gasteiger partial charge in [-0.3, -0.25) is 0 Å². The number of nitrogens with zero attached hydrogens (tertiary/aromatic N) is 1. The summed E-state index contributed by atoms with van der Waals surface area (Å²) in [6.45, 7) is 0. The van der Waals surface area contributed by atoms with Gasteiger partial charge >= 0.3 is 6.03 Å². The van der Waals surface area contributed by atoms with Gasteiger partial charge in [-0.05, 0) is 11.4 Å². The van der Waals surface area contributed by atoms with E-state index in [2.05, 4.69) is 10.5 Å². The lowest BCUT2D eigenvalue weighted by molar-refractivity contribution is 0.249. The SMILES string of the molecule is NC(=O)NN=Cc1cccs1. The van der Waals surface area contributed by atoms with Crippen LogP contribution in [-0.2, 0) is 0 Å². The molecule has 0 radical (unpaired) electrons. The Morgan fingerprint density at radius 3 is 3.18 bits per heavy atom. The molecule has 11 heavy (non-hydrogen) atoms. The van der Waals surface area contributed by atoms with Crippen LogP contribution in [0.25, 0.3) is 0 Å². The Bertz CT molecular complexity index is 255.